The molecular formula is C17H33N3. The van der Waals surface area contributed by atoms with Crippen LogP contribution in [-0.2, 0) is 13.5 Å². The van der Waals surface area contributed by atoms with Crippen LogP contribution in [-0.4, -0.2) is 21.9 Å². The lowest BCUT2D eigenvalue weighted by Crippen LogP contribution is -2.44. The minimum absolute atomic E-state index is 0.182. The van der Waals surface area contributed by atoms with Crippen molar-refractivity contribution in [3.8, 4) is 0 Å². The molecule has 1 aromatic rings. The van der Waals surface area contributed by atoms with Crippen LogP contribution >= 0.6 is 0 Å². The maximum Gasteiger partial charge on any atom is 0.0521 e. The lowest BCUT2D eigenvalue weighted by atomic mass is 9.75. The van der Waals surface area contributed by atoms with Crippen LogP contribution in [0.2, 0.25) is 0 Å². The van der Waals surface area contributed by atoms with E-state index in [2.05, 4.69) is 51.2 Å². The van der Waals surface area contributed by atoms with Gasteiger partial charge in [0.2, 0.25) is 0 Å². The molecule has 0 amide bonds. The molecule has 0 spiro atoms. The summed E-state index contributed by atoms with van der Waals surface area (Å²) < 4.78 is 1.91. The lowest BCUT2D eigenvalue weighted by molar-refractivity contribution is 0.206. The molecule has 0 aromatic carbocycles. The number of rotatable bonds is 8. The van der Waals surface area contributed by atoms with Gasteiger partial charge in [-0.3, -0.25) is 4.68 Å². The zero-order chi connectivity index (χ0) is 15.2. The number of nitrogens with zero attached hydrogens (tertiary/aromatic N) is 2. The summed E-state index contributed by atoms with van der Waals surface area (Å²) in [5.41, 5.74) is 1.90. The van der Waals surface area contributed by atoms with Gasteiger partial charge in [0.15, 0.2) is 0 Å². The Hall–Kier alpha value is -0.830. The number of hydrogen-bond acceptors (Lipinski definition) is 2. The van der Waals surface area contributed by atoms with Crippen molar-refractivity contribution in [2.24, 2.45) is 12.5 Å². The van der Waals surface area contributed by atoms with Crippen LogP contribution < -0.4 is 5.32 Å². The second-order valence-corrected chi connectivity index (χ2v) is 7.26. The monoisotopic (exact) mass is 279 g/mol. The third kappa shape index (κ3) is 5.66. The first-order valence-electron chi connectivity index (χ1n) is 8.03. The molecular weight excluding hydrogens is 246 g/mol. The van der Waals surface area contributed by atoms with Gasteiger partial charge in [-0.05, 0) is 51.0 Å². The predicted molar refractivity (Wildman–Crippen MR) is 86.9 cm³/mol. The van der Waals surface area contributed by atoms with E-state index in [9.17, 15) is 0 Å². The summed E-state index contributed by atoms with van der Waals surface area (Å²) in [6.07, 6.45) is 10.4. The van der Waals surface area contributed by atoms with Gasteiger partial charge in [0.05, 0.1) is 6.20 Å². The third-order valence-corrected chi connectivity index (χ3v) is 4.14. The van der Waals surface area contributed by atoms with Crippen molar-refractivity contribution in [3.05, 3.63) is 18.0 Å². The van der Waals surface area contributed by atoms with Crippen LogP contribution in [0.25, 0.3) is 0 Å². The number of aryl methyl sites for hydroxylation is 1. The predicted octanol–water partition coefficient (Wildman–Crippen LogP) is 3.94. The number of aromatic nitrogens is 2. The topological polar surface area (TPSA) is 29.9 Å². The van der Waals surface area contributed by atoms with Gasteiger partial charge in [-0.25, -0.2) is 0 Å². The van der Waals surface area contributed by atoms with E-state index in [4.69, 9.17) is 0 Å². The maximum atomic E-state index is 4.32. The van der Waals surface area contributed by atoms with Gasteiger partial charge < -0.3 is 5.32 Å². The van der Waals surface area contributed by atoms with Crippen LogP contribution in [0.5, 0.6) is 0 Å². The van der Waals surface area contributed by atoms with E-state index < -0.39 is 0 Å². The lowest BCUT2D eigenvalue weighted by Gasteiger charge is -2.36. The Labute approximate surface area is 125 Å². The molecule has 3 heteroatoms. The van der Waals surface area contributed by atoms with Gasteiger partial charge >= 0.3 is 0 Å². The van der Waals surface area contributed by atoms with Crippen molar-refractivity contribution in [2.45, 2.75) is 72.3 Å². The van der Waals surface area contributed by atoms with E-state index in [1.807, 2.05) is 17.9 Å². The molecule has 0 aliphatic heterocycles. The molecule has 0 saturated heterocycles. The Morgan fingerprint density at radius 1 is 1.25 bits per heavy atom. The van der Waals surface area contributed by atoms with Gasteiger partial charge in [0.25, 0.3) is 0 Å². The fourth-order valence-corrected chi connectivity index (χ4v) is 2.67. The summed E-state index contributed by atoms with van der Waals surface area (Å²) in [6, 6.07) is 0. The van der Waals surface area contributed by atoms with Gasteiger partial charge in [0.1, 0.15) is 0 Å². The first-order valence-corrected chi connectivity index (χ1v) is 8.03. The Morgan fingerprint density at radius 3 is 2.40 bits per heavy atom. The summed E-state index contributed by atoms with van der Waals surface area (Å²) in [7, 11) is 2.00. The number of hydrogen-bond donors (Lipinski definition) is 1. The summed E-state index contributed by atoms with van der Waals surface area (Å²) in [5.74, 6) is 0. The van der Waals surface area contributed by atoms with Crippen molar-refractivity contribution < 1.29 is 0 Å². The average molecular weight is 279 g/mol. The first-order chi connectivity index (χ1) is 9.30. The van der Waals surface area contributed by atoms with Crippen molar-refractivity contribution >= 4 is 0 Å². The molecule has 1 unspecified atom stereocenters. The molecule has 0 aliphatic rings. The highest BCUT2D eigenvalue weighted by molar-refractivity contribution is 5.08. The Bertz CT molecular complexity index is 389. The van der Waals surface area contributed by atoms with Crippen LogP contribution in [0.3, 0.4) is 0 Å². The maximum absolute atomic E-state index is 4.32. The summed E-state index contributed by atoms with van der Waals surface area (Å²) in [4.78, 5) is 0. The fourth-order valence-electron chi connectivity index (χ4n) is 2.67. The second-order valence-electron chi connectivity index (χ2n) is 7.26. The molecule has 20 heavy (non-hydrogen) atoms. The highest BCUT2D eigenvalue weighted by atomic mass is 15.2. The molecule has 0 radical (unpaired) electrons. The van der Waals surface area contributed by atoms with Crippen molar-refractivity contribution in [3.63, 3.8) is 0 Å². The largest absolute Gasteiger partial charge is 0.312 e. The highest BCUT2D eigenvalue weighted by Gasteiger charge is 2.29. The van der Waals surface area contributed by atoms with Crippen molar-refractivity contribution in [1.29, 1.82) is 0 Å². The van der Waals surface area contributed by atoms with E-state index in [-0.39, 0.29) is 5.54 Å². The minimum Gasteiger partial charge on any atom is -0.312 e. The zero-order valence-electron chi connectivity index (χ0n) is 14.3. The molecule has 0 bridgehead atoms. The van der Waals surface area contributed by atoms with E-state index in [1.165, 1.54) is 31.2 Å². The fraction of sp³-hybridized carbons (Fsp3) is 0.824. The zero-order valence-corrected chi connectivity index (χ0v) is 14.3. The molecule has 0 saturated carbocycles. The van der Waals surface area contributed by atoms with Crippen molar-refractivity contribution in [2.75, 3.05) is 6.54 Å². The number of nitrogens with one attached hydrogen (secondary N) is 1. The Balaban J connectivity index is 2.80. The third-order valence-electron chi connectivity index (χ3n) is 4.14. The van der Waals surface area contributed by atoms with Crippen LogP contribution in [0.15, 0.2) is 12.4 Å². The summed E-state index contributed by atoms with van der Waals surface area (Å²) >= 11 is 0. The van der Waals surface area contributed by atoms with Gasteiger partial charge in [-0.2, -0.15) is 5.10 Å². The average Bonchev–Trinajstić information content (AvgIpc) is 2.77. The van der Waals surface area contributed by atoms with Gasteiger partial charge in [-0.1, -0.05) is 26.7 Å². The first kappa shape index (κ1) is 17.2. The summed E-state index contributed by atoms with van der Waals surface area (Å²) in [6.45, 7) is 12.4. The molecule has 116 valence electrons. The minimum atomic E-state index is 0.182. The molecule has 3 nitrogen and oxygen atoms in total. The van der Waals surface area contributed by atoms with Crippen molar-refractivity contribution in [1.82, 2.24) is 15.1 Å². The SMILES string of the molecule is CCCCC(CC)(CNC(C)(C)C)Cc1cnn(C)c1. The normalized spacial score (nSPS) is 15.3. The Kier molecular flexibility index (Phi) is 6.25. The van der Waals surface area contributed by atoms with Gasteiger partial charge in [0, 0.05) is 25.3 Å². The molecule has 0 fully saturated rings. The standard InChI is InChI=1S/C17H33N3/c1-7-9-10-17(8-2,14-18-16(3,4)5)11-15-12-19-20(6)13-15/h12-13,18H,7-11,14H2,1-6H3. The quantitative estimate of drug-likeness (QED) is 0.781. The van der Waals surface area contributed by atoms with E-state index in [0.717, 1.165) is 13.0 Å². The molecule has 1 heterocycles. The van der Waals surface area contributed by atoms with E-state index in [0.29, 0.717) is 5.41 Å². The Morgan fingerprint density at radius 2 is 1.95 bits per heavy atom. The van der Waals surface area contributed by atoms with Crippen LogP contribution in [0, 0.1) is 5.41 Å². The van der Waals surface area contributed by atoms with Crippen LogP contribution in [0.4, 0.5) is 0 Å². The highest BCUT2D eigenvalue weighted by Crippen LogP contribution is 2.33. The molecule has 1 aromatic heterocycles. The molecule has 1 rings (SSSR count). The molecule has 1 atom stereocenters. The summed E-state index contributed by atoms with van der Waals surface area (Å²) in [5, 5.41) is 8.04. The number of unbranched alkanes of at least 4 members (excludes halogenated alkanes) is 1. The van der Waals surface area contributed by atoms with E-state index >= 15 is 0 Å². The molecule has 1 N–H and O–H groups in total. The smallest absolute Gasteiger partial charge is 0.0521 e. The molecule has 0 aliphatic carbocycles. The van der Waals surface area contributed by atoms with E-state index in [1.54, 1.807) is 0 Å². The second kappa shape index (κ2) is 7.26. The van der Waals surface area contributed by atoms with Gasteiger partial charge in [-0.15, -0.1) is 0 Å². The van der Waals surface area contributed by atoms with Crippen LogP contribution in [0.1, 0.15) is 65.9 Å².